The fraction of sp³-hybridized carbons (Fsp3) is 1.00. The molecule has 1 heteroatoms. The van der Waals surface area contributed by atoms with E-state index >= 15 is 0 Å². The molecule has 3 aliphatic carbocycles. The standard InChI is InChI=1S/C9H15N/c10-9(5-6-9)8(3-4-8)7-1-2-7/h7H,1-6,10H2. The van der Waals surface area contributed by atoms with Gasteiger partial charge in [-0.3, -0.25) is 0 Å². The Hall–Kier alpha value is -0.0400. The van der Waals surface area contributed by atoms with Crippen molar-refractivity contribution in [2.24, 2.45) is 17.1 Å². The average Bonchev–Trinajstić information content (AvgIpc) is 2.70. The van der Waals surface area contributed by atoms with Crippen LogP contribution >= 0.6 is 0 Å². The fourth-order valence-electron chi connectivity index (χ4n) is 2.72. The largest absolute Gasteiger partial charge is 0.325 e. The van der Waals surface area contributed by atoms with Gasteiger partial charge in [0.25, 0.3) is 0 Å². The highest BCUT2D eigenvalue weighted by Gasteiger charge is 2.68. The van der Waals surface area contributed by atoms with Crippen LogP contribution in [0.2, 0.25) is 0 Å². The molecule has 3 saturated carbocycles. The Labute approximate surface area is 62.0 Å². The minimum absolute atomic E-state index is 0.341. The van der Waals surface area contributed by atoms with E-state index in [0.717, 1.165) is 5.92 Å². The lowest BCUT2D eigenvalue weighted by molar-refractivity contribution is 0.330. The molecule has 0 aromatic heterocycles. The monoisotopic (exact) mass is 137 g/mol. The van der Waals surface area contributed by atoms with Gasteiger partial charge in [-0.1, -0.05) is 0 Å². The second-order valence-corrected chi connectivity index (χ2v) is 4.59. The molecule has 3 fully saturated rings. The van der Waals surface area contributed by atoms with Crippen LogP contribution in [0.5, 0.6) is 0 Å². The first-order chi connectivity index (χ1) is 4.77. The molecule has 0 spiro atoms. The molecular formula is C9H15N. The van der Waals surface area contributed by atoms with Gasteiger partial charge in [0.1, 0.15) is 0 Å². The number of hydrogen-bond donors (Lipinski definition) is 1. The summed E-state index contributed by atoms with van der Waals surface area (Å²) in [5, 5.41) is 0. The molecular weight excluding hydrogens is 122 g/mol. The average molecular weight is 137 g/mol. The van der Waals surface area contributed by atoms with Gasteiger partial charge in [0, 0.05) is 5.54 Å². The van der Waals surface area contributed by atoms with Gasteiger partial charge in [-0.05, 0) is 49.9 Å². The van der Waals surface area contributed by atoms with Crippen molar-refractivity contribution in [2.45, 2.75) is 44.1 Å². The van der Waals surface area contributed by atoms with E-state index in [0.29, 0.717) is 11.0 Å². The van der Waals surface area contributed by atoms with E-state index in [-0.39, 0.29) is 0 Å². The van der Waals surface area contributed by atoms with Crippen molar-refractivity contribution >= 4 is 0 Å². The third-order valence-corrected chi connectivity index (χ3v) is 3.93. The summed E-state index contributed by atoms with van der Waals surface area (Å²) in [6, 6.07) is 0. The number of rotatable bonds is 2. The van der Waals surface area contributed by atoms with E-state index in [9.17, 15) is 0 Å². The van der Waals surface area contributed by atoms with Gasteiger partial charge in [-0.25, -0.2) is 0 Å². The van der Waals surface area contributed by atoms with Gasteiger partial charge in [0.15, 0.2) is 0 Å². The molecule has 10 heavy (non-hydrogen) atoms. The zero-order valence-corrected chi connectivity index (χ0v) is 6.40. The molecule has 1 nitrogen and oxygen atoms in total. The van der Waals surface area contributed by atoms with Crippen LogP contribution in [0.3, 0.4) is 0 Å². The number of nitrogens with two attached hydrogens (primary N) is 1. The molecule has 0 unspecified atom stereocenters. The molecule has 56 valence electrons. The maximum atomic E-state index is 6.23. The van der Waals surface area contributed by atoms with Crippen LogP contribution in [0.25, 0.3) is 0 Å². The lowest BCUT2D eigenvalue weighted by atomic mass is 9.89. The Bertz CT molecular complexity index is 173. The van der Waals surface area contributed by atoms with Gasteiger partial charge in [0.05, 0.1) is 0 Å². The molecule has 0 aliphatic heterocycles. The SMILES string of the molecule is NC1(C2(C3CC3)CC2)CC1. The molecule has 0 bridgehead atoms. The minimum atomic E-state index is 0.341. The van der Waals surface area contributed by atoms with Crippen LogP contribution in [0, 0.1) is 11.3 Å². The topological polar surface area (TPSA) is 26.0 Å². The molecule has 0 radical (unpaired) electrons. The molecule has 0 aromatic carbocycles. The lowest BCUT2D eigenvalue weighted by Gasteiger charge is -2.21. The predicted octanol–water partition coefficient (Wildman–Crippen LogP) is 1.67. The zero-order chi connectivity index (χ0) is 6.82. The molecule has 3 aliphatic rings. The summed E-state index contributed by atoms with van der Waals surface area (Å²) in [5.41, 5.74) is 7.26. The van der Waals surface area contributed by atoms with E-state index in [2.05, 4.69) is 0 Å². The maximum absolute atomic E-state index is 6.23. The lowest BCUT2D eigenvalue weighted by Crippen LogP contribution is -2.35. The van der Waals surface area contributed by atoms with E-state index in [1.807, 2.05) is 0 Å². The van der Waals surface area contributed by atoms with Crippen LogP contribution < -0.4 is 5.73 Å². The first-order valence-corrected chi connectivity index (χ1v) is 4.56. The van der Waals surface area contributed by atoms with Crippen LogP contribution in [0.15, 0.2) is 0 Å². The van der Waals surface area contributed by atoms with Crippen molar-refractivity contribution in [3.63, 3.8) is 0 Å². The number of hydrogen-bond acceptors (Lipinski definition) is 1. The first-order valence-electron chi connectivity index (χ1n) is 4.56. The third kappa shape index (κ3) is 0.493. The van der Waals surface area contributed by atoms with Crippen molar-refractivity contribution in [2.75, 3.05) is 0 Å². The highest BCUT2D eigenvalue weighted by atomic mass is 14.9. The van der Waals surface area contributed by atoms with Crippen LogP contribution in [0.4, 0.5) is 0 Å². The summed E-state index contributed by atoms with van der Waals surface area (Å²) in [6.45, 7) is 0. The Kier molecular flexibility index (Phi) is 0.722. The van der Waals surface area contributed by atoms with Gasteiger partial charge in [-0.15, -0.1) is 0 Å². The smallest absolute Gasteiger partial charge is 0.0215 e. The highest BCUT2D eigenvalue weighted by Crippen LogP contribution is 2.71. The first kappa shape index (κ1) is 5.59. The molecule has 0 aromatic rings. The molecule has 0 heterocycles. The predicted molar refractivity (Wildman–Crippen MR) is 40.5 cm³/mol. The summed E-state index contributed by atoms with van der Waals surface area (Å²) < 4.78 is 0. The Morgan fingerprint density at radius 3 is 1.90 bits per heavy atom. The highest BCUT2D eigenvalue weighted by molar-refractivity contribution is 5.23. The summed E-state index contributed by atoms with van der Waals surface area (Å²) in [6.07, 6.45) is 8.52. The molecule has 0 saturated heterocycles. The Morgan fingerprint density at radius 2 is 1.60 bits per heavy atom. The molecule has 3 rings (SSSR count). The molecule has 2 N–H and O–H groups in total. The minimum Gasteiger partial charge on any atom is -0.325 e. The van der Waals surface area contributed by atoms with Crippen molar-refractivity contribution in [1.82, 2.24) is 0 Å². The summed E-state index contributed by atoms with van der Waals surface area (Å²) in [4.78, 5) is 0. The van der Waals surface area contributed by atoms with Gasteiger partial charge < -0.3 is 5.73 Å². The fourth-order valence-corrected chi connectivity index (χ4v) is 2.72. The van der Waals surface area contributed by atoms with Crippen LogP contribution in [0.1, 0.15) is 38.5 Å². The summed E-state index contributed by atoms with van der Waals surface area (Å²) >= 11 is 0. The third-order valence-electron chi connectivity index (χ3n) is 3.93. The van der Waals surface area contributed by atoms with E-state index in [4.69, 9.17) is 5.73 Å². The summed E-state index contributed by atoms with van der Waals surface area (Å²) in [7, 11) is 0. The molecule has 0 atom stereocenters. The van der Waals surface area contributed by atoms with Crippen LogP contribution in [-0.2, 0) is 0 Å². The van der Waals surface area contributed by atoms with Crippen molar-refractivity contribution < 1.29 is 0 Å². The van der Waals surface area contributed by atoms with E-state index < -0.39 is 0 Å². The van der Waals surface area contributed by atoms with Gasteiger partial charge >= 0.3 is 0 Å². The molecule has 0 amide bonds. The Balaban J connectivity index is 1.88. The maximum Gasteiger partial charge on any atom is 0.0215 e. The second-order valence-electron chi connectivity index (χ2n) is 4.59. The van der Waals surface area contributed by atoms with Crippen molar-refractivity contribution in [3.05, 3.63) is 0 Å². The quantitative estimate of drug-likeness (QED) is 0.615. The van der Waals surface area contributed by atoms with Crippen molar-refractivity contribution in [3.8, 4) is 0 Å². The van der Waals surface area contributed by atoms with Gasteiger partial charge in [0.2, 0.25) is 0 Å². The normalized spacial score (nSPS) is 39.3. The van der Waals surface area contributed by atoms with Crippen molar-refractivity contribution in [1.29, 1.82) is 0 Å². The van der Waals surface area contributed by atoms with E-state index in [1.54, 1.807) is 0 Å². The summed E-state index contributed by atoms with van der Waals surface area (Å²) in [5.74, 6) is 1.06. The van der Waals surface area contributed by atoms with Crippen LogP contribution in [-0.4, -0.2) is 5.54 Å². The van der Waals surface area contributed by atoms with Gasteiger partial charge in [-0.2, -0.15) is 0 Å². The Morgan fingerprint density at radius 1 is 1.00 bits per heavy atom. The second kappa shape index (κ2) is 1.29. The van der Waals surface area contributed by atoms with E-state index in [1.165, 1.54) is 38.5 Å². The zero-order valence-electron chi connectivity index (χ0n) is 6.40.